The van der Waals surface area contributed by atoms with Crippen molar-refractivity contribution in [3.8, 4) is 0 Å². The summed E-state index contributed by atoms with van der Waals surface area (Å²) in [6.45, 7) is 7.12. The van der Waals surface area contributed by atoms with Crippen molar-refractivity contribution in [2.24, 2.45) is 0 Å². The number of benzene rings is 1. The van der Waals surface area contributed by atoms with E-state index in [1.807, 2.05) is 6.07 Å². The Morgan fingerprint density at radius 2 is 2.00 bits per heavy atom. The van der Waals surface area contributed by atoms with Gasteiger partial charge in [0.2, 0.25) is 0 Å². The maximum absolute atomic E-state index is 13.6. The van der Waals surface area contributed by atoms with Gasteiger partial charge in [-0.25, -0.2) is 4.39 Å². The Labute approximate surface area is 126 Å². The van der Waals surface area contributed by atoms with Gasteiger partial charge in [0, 0.05) is 14.2 Å². The fourth-order valence-corrected chi connectivity index (χ4v) is 3.88. The van der Waals surface area contributed by atoms with E-state index in [0.717, 1.165) is 16.6 Å². The summed E-state index contributed by atoms with van der Waals surface area (Å²) >= 11 is 5.13. The van der Waals surface area contributed by atoms with Crippen LogP contribution in [0.4, 0.5) is 4.39 Å². The molecule has 19 heavy (non-hydrogen) atoms. The number of thiophene rings is 1. The number of nitrogens with one attached hydrogen (secondary N) is 1. The third kappa shape index (κ3) is 3.44. The van der Waals surface area contributed by atoms with Crippen molar-refractivity contribution in [3.63, 3.8) is 0 Å². The lowest BCUT2D eigenvalue weighted by Gasteiger charge is -2.18. The van der Waals surface area contributed by atoms with E-state index in [1.165, 1.54) is 21.4 Å². The topological polar surface area (TPSA) is 12.0 Å². The van der Waals surface area contributed by atoms with Gasteiger partial charge in [-0.15, -0.1) is 11.3 Å². The highest BCUT2D eigenvalue weighted by Crippen LogP contribution is 2.33. The Morgan fingerprint density at radius 3 is 2.53 bits per heavy atom. The molecule has 1 atom stereocenters. The molecule has 0 saturated carbocycles. The lowest BCUT2D eigenvalue weighted by Crippen LogP contribution is -2.21. The van der Waals surface area contributed by atoms with Crippen LogP contribution in [0.3, 0.4) is 0 Å². The van der Waals surface area contributed by atoms with Crippen molar-refractivity contribution in [2.45, 2.75) is 26.8 Å². The summed E-state index contributed by atoms with van der Waals surface area (Å²) in [5.41, 5.74) is 2.22. The predicted molar refractivity (Wildman–Crippen MR) is 83.4 cm³/mol. The van der Waals surface area contributed by atoms with Crippen LogP contribution in [0.5, 0.6) is 0 Å². The fourth-order valence-electron chi connectivity index (χ4n) is 2.25. The van der Waals surface area contributed by atoms with E-state index in [2.05, 4.69) is 48.1 Å². The van der Waals surface area contributed by atoms with E-state index >= 15 is 0 Å². The predicted octanol–water partition coefficient (Wildman–Crippen LogP) is 4.97. The fraction of sp³-hybridized carbons (Fsp3) is 0.333. The van der Waals surface area contributed by atoms with Crippen LogP contribution in [0.2, 0.25) is 0 Å². The number of halogens is 2. The first-order chi connectivity index (χ1) is 9.01. The molecule has 1 N–H and O–H groups in total. The second-order valence-electron chi connectivity index (χ2n) is 4.60. The van der Waals surface area contributed by atoms with Crippen molar-refractivity contribution in [3.05, 3.63) is 55.4 Å². The van der Waals surface area contributed by atoms with Gasteiger partial charge < -0.3 is 5.32 Å². The van der Waals surface area contributed by atoms with Crippen LogP contribution in [-0.2, 0) is 0 Å². The Hall–Kier alpha value is -0.710. The molecule has 0 fully saturated rings. The second-order valence-corrected chi connectivity index (χ2v) is 6.80. The average molecular weight is 342 g/mol. The van der Waals surface area contributed by atoms with Gasteiger partial charge in [-0.2, -0.15) is 0 Å². The van der Waals surface area contributed by atoms with E-state index < -0.39 is 0 Å². The SMILES string of the molecule is CCNC(c1cc(F)cc(Br)c1)c1sc(C)cc1C. The molecule has 0 saturated heterocycles. The molecule has 102 valence electrons. The molecule has 2 aromatic rings. The van der Waals surface area contributed by atoms with Crippen LogP contribution in [-0.4, -0.2) is 6.54 Å². The van der Waals surface area contributed by atoms with E-state index in [0.29, 0.717) is 0 Å². The average Bonchev–Trinajstić information content (AvgIpc) is 2.64. The van der Waals surface area contributed by atoms with Gasteiger partial charge in [-0.1, -0.05) is 22.9 Å². The maximum Gasteiger partial charge on any atom is 0.124 e. The smallest absolute Gasteiger partial charge is 0.124 e. The van der Waals surface area contributed by atoms with Gasteiger partial charge in [-0.05, 0) is 55.8 Å². The number of hydrogen-bond acceptors (Lipinski definition) is 2. The summed E-state index contributed by atoms with van der Waals surface area (Å²) in [6.07, 6.45) is 0. The molecule has 0 aliphatic rings. The molecule has 0 amide bonds. The molecule has 2 rings (SSSR count). The molecule has 1 unspecified atom stereocenters. The van der Waals surface area contributed by atoms with E-state index in [4.69, 9.17) is 0 Å². The number of hydrogen-bond donors (Lipinski definition) is 1. The lowest BCUT2D eigenvalue weighted by molar-refractivity contribution is 0.605. The molecular formula is C15H17BrFNS. The third-order valence-electron chi connectivity index (χ3n) is 2.97. The zero-order chi connectivity index (χ0) is 14.0. The molecule has 0 bridgehead atoms. The minimum absolute atomic E-state index is 0.0516. The quantitative estimate of drug-likeness (QED) is 0.828. The molecule has 1 aromatic heterocycles. The van der Waals surface area contributed by atoms with Gasteiger partial charge in [0.15, 0.2) is 0 Å². The molecule has 4 heteroatoms. The van der Waals surface area contributed by atoms with Crippen molar-refractivity contribution in [1.82, 2.24) is 5.32 Å². The van der Waals surface area contributed by atoms with Gasteiger partial charge in [0.1, 0.15) is 5.82 Å². The van der Waals surface area contributed by atoms with Gasteiger partial charge in [0.05, 0.1) is 6.04 Å². The molecule has 0 radical (unpaired) electrons. The zero-order valence-electron chi connectivity index (χ0n) is 11.3. The van der Waals surface area contributed by atoms with Crippen molar-refractivity contribution < 1.29 is 4.39 Å². The van der Waals surface area contributed by atoms with Crippen molar-refractivity contribution in [1.29, 1.82) is 0 Å². The van der Waals surface area contributed by atoms with E-state index in [9.17, 15) is 4.39 Å². The summed E-state index contributed by atoms with van der Waals surface area (Å²) in [5, 5.41) is 3.45. The molecule has 0 aliphatic carbocycles. The largest absolute Gasteiger partial charge is 0.306 e. The van der Waals surface area contributed by atoms with Crippen LogP contribution in [0, 0.1) is 19.7 Å². The van der Waals surface area contributed by atoms with Crippen LogP contribution in [0.25, 0.3) is 0 Å². The van der Waals surface area contributed by atoms with Crippen LogP contribution >= 0.6 is 27.3 Å². The van der Waals surface area contributed by atoms with Gasteiger partial charge >= 0.3 is 0 Å². The Kier molecular flexibility index (Phi) is 4.76. The standard InChI is InChI=1S/C15H17BrFNS/c1-4-18-14(15-9(2)5-10(3)19-15)11-6-12(16)8-13(17)7-11/h5-8,14,18H,4H2,1-3H3. The summed E-state index contributed by atoms with van der Waals surface area (Å²) in [6, 6.07) is 7.30. The highest BCUT2D eigenvalue weighted by atomic mass is 79.9. The summed E-state index contributed by atoms with van der Waals surface area (Å²) in [7, 11) is 0. The highest BCUT2D eigenvalue weighted by molar-refractivity contribution is 9.10. The number of rotatable bonds is 4. The van der Waals surface area contributed by atoms with Gasteiger partial charge in [0.25, 0.3) is 0 Å². The van der Waals surface area contributed by atoms with Crippen LogP contribution < -0.4 is 5.32 Å². The normalized spacial score (nSPS) is 12.7. The van der Waals surface area contributed by atoms with Crippen LogP contribution in [0.1, 0.15) is 33.8 Å². The second kappa shape index (κ2) is 6.16. The third-order valence-corrected chi connectivity index (χ3v) is 4.64. The highest BCUT2D eigenvalue weighted by Gasteiger charge is 2.18. The Bertz CT molecular complexity index is 559. The van der Waals surface area contributed by atoms with Crippen molar-refractivity contribution >= 4 is 27.3 Å². The minimum atomic E-state index is -0.210. The number of aryl methyl sites for hydroxylation is 2. The maximum atomic E-state index is 13.6. The first-order valence-electron chi connectivity index (χ1n) is 6.27. The molecule has 1 nitrogen and oxygen atoms in total. The first-order valence-corrected chi connectivity index (χ1v) is 7.88. The first kappa shape index (κ1) is 14.7. The van der Waals surface area contributed by atoms with Crippen LogP contribution in [0.15, 0.2) is 28.7 Å². The van der Waals surface area contributed by atoms with Gasteiger partial charge in [-0.3, -0.25) is 0 Å². The summed E-state index contributed by atoms with van der Waals surface area (Å²) in [5.74, 6) is -0.210. The molecule has 0 aliphatic heterocycles. The Morgan fingerprint density at radius 1 is 1.26 bits per heavy atom. The summed E-state index contributed by atoms with van der Waals surface area (Å²) < 4.78 is 14.4. The van der Waals surface area contributed by atoms with Crippen molar-refractivity contribution in [2.75, 3.05) is 6.54 Å². The van der Waals surface area contributed by atoms with E-state index in [1.54, 1.807) is 17.4 Å². The monoisotopic (exact) mass is 341 g/mol. The lowest BCUT2D eigenvalue weighted by atomic mass is 10.0. The molecule has 1 heterocycles. The van der Waals surface area contributed by atoms with E-state index in [-0.39, 0.29) is 11.9 Å². The molecule has 1 aromatic carbocycles. The minimum Gasteiger partial charge on any atom is -0.306 e. The Balaban J connectivity index is 2.47. The zero-order valence-corrected chi connectivity index (χ0v) is 13.7. The summed E-state index contributed by atoms with van der Waals surface area (Å²) in [4.78, 5) is 2.54. The molecule has 0 spiro atoms. The molecular weight excluding hydrogens is 325 g/mol.